The number of amides is 3. The SMILES string of the molecule is NC(=O)c1nn(CC(=O)N2[C@@H]3C[C@@H]3C[C@H]2C(=O)NCC2CC2(Cl)Cl)c2cc(F)c(F)cc12. The Kier molecular flexibility index (Phi) is 4.86. The molecule has 1 aliphatic heterocycles. The number of hydrogen-bond donors (Lipinski definition) is 2. The molecular weight excluding hydrogens is 467 g/mol. The molecule has 1 saturated heterocycles. The summed E-state index contributed by atoms with van der Waals surface area (Å²) < 4.78 is 27.8. The average Bonchev–Trinajstić information content (AvgIpc) is 3.52. The molecule has 4 atom stereocenters. The van der Waals surface area contributed by atoms with Gasteiger partial charge >= 0.3 is 0 Å². The third-order valence-electron chi connectivity index (χ3n) is 6.48. The van der Waals surface area contributed by atoms with Crippen LogP contribution in [0, 0.1) is 23.5 Å². The van der Waals surface area contributed by atoms with Crippen LogP contribution in [0.2, 0.25) is 0 Å². The topological polar surface area (TPSA) is 110 Å². The van der Waals surface area contributed by atoms with E-state index in [-0.39, 0.29) is 46.9 Å². The molecule has 2 heterocycles. The van der Waals surface area contributed by atoms with Crippen molar-refractivity contribution in [2.45, 2.75) is 42.2 Å². The number of nitrogens with zero attached hydrogens (tertiary/aromatic N) is 3. The number of aromatic nitrogens is 2. The van der Waals surface area contributed by atoms with Crippen molar-refractivity contribution in [3.63, 3.8) is 0 Å². The number of piperidine rings is 1. The molecule has 8 nitrogen and oxygen atoms in total. The maximum Gasteiger partial charge on any atom is 0.269 e. The maximum atomic E-state index is 13.8. The minimum Gasteiger partial charge on any atom is -0.364 e. The van der Waals surface area contributed by atoms with E-state index < -0.39 is 33.8 Å². The summed E-state index contributed by atoms with van der Waals surface area (Å²) in [7, 11) is 0. The van der Waals surface area contributed by atoms with Crippen molar-refractivity contribution in [3.8, 4) is 0 Å². The predicted octanol–water partition coefficient (Wildman–Crippen LogP) is 1.71. The molecule has 2 saturated carbocycles. The molecule has 32 heavy (non-hydrogen) atoms. The van der Waals surface area contributed by atoms with Crippen LogP contribution in [0.25, 0.3) is 10.9 Å². The van der Waals surface area contributed by atoms with Crippen molar-refractivity contribution < 1.29 is 23.2 Å². The van der Waals surface area contributed by atoms with Crippen LogP contribution in [0.15, 0.2) is 12.1 Å². The van der Waals surface area contributed by atoms with Gasteiger partial charge in [-0.1, -0.05) is 0 Å². The lowest BCUT2D eigenvalue weighted by molar-refractivity contribution is -0.140. The Bertz CT molecular complexity index is 1170. The van der Waals surface area contributed by atoms with Gasteiger partial charge in [0.25, 0.3) is 5.91 Å². The highest BCUT2D eigenvalue weighted by atomic mass is 35.5. The number of carbonyl (C=O) groups is 3. The summed E-state index contributed by atoms with van der Waals surface area (Å²) in [5.41, 5.74) is 5.11. The van der Waals surface area contributed by atoms with Crippen LogP contribution in [0.4, 0.5) is 8.78 Å². The number of hydrogen-bond acceptors (Lipinski definition) is 4. The van der Waals surface area contributed by atoms with Crippen molar-refractivity contribution in [3.05, 3.63) is 29.5 Å². The normalized spacial score (nSPS) is 27.3. The summed E-state index contributed by atoms with van der Waals surface area (Å²) in [6.07, 6.45) is 1.95. The zero-order valence-corrected chi connectivity index (χ0v) is 18.2. The number of benzene rings is 1. The van der Waals surface area contributed by atoms with E-state index in [1.54, 1.807) is 0 Å². The monoisotopic (exact) mass is 485 g/mol. The summed E-state index contributed by atoms with van der Waals surface area (Å²) in [6.45, 7) is -0.0206. The van der Waals surface area contributed by atoms with Crippen LogP contribution in [0.1, 0.15) is 29.8 Å². The number of primary amides is 1. The van der Waals surface area contributed by atoms with Gasteiger partial charge in [0.1, 0.15) is 16.9 Å². The molecule has 5 rings (SSSR count). The summed E-state index contributed by atoms with van der Waals surface area (Å²) in [4.78, 5) is 39.1. The third-order valence-corrected chi connectivity index (χ3v) is 7.41. The van der Waals surface area contributed by atoms with E-state index in [9.17, 15) is 23.2 Å². The Morgan fingerprint density at radius 3 is 2.56 bits per heavy atom. The van der Waals surface area contributed by atoms with Gasteiger partial charge in [-0.15, -0.1) is 23.2 Å². The minimum atomic E-state index is -1.16. The number of alkyl halides is 2. The number of nitrogens with two attached hydrogens (primary N) is 1. The van der Waals surface area contributed by atoms with Gasteiger partial charge in [-0.05, 0) is 31.2 Å². The lowest BCUT2D eigenvalue weighted by Gasteiger charge is -2.27. The molecule has 3 amide bonds. The average molecular weight is 486 g/mol. The maximum absolute atomic E-state index is 13.8. The van der Waals surface area contributed by atoms with Gasteiger partial charge < -0.3 is 16.0 Å². The van der Waals surface area contributed by atoms with E-state index in [0.717, 1.165) is 23.2 Å². The number of halogens is 4. The highest BCUT2D eigenvalue weighted by Gasteiger charge is 2.56. The number of likely N-dealkylation sites (tertiary alicyclic amines) is 1. The van der Waals surface area contributed by atoms with E-state index in [1.165, 1.54) is 4.90 Å². The second kappa shape index (κ2) is 7.28. The lowest BCUT2D eigenvalue weighted by Crippen LogP contribution is -2.49. The van der Waals surface area contributed by atoms with E-state index in [1.807, 2.05) is 0 Å². The Hall–Kier alpha value is -2.46. The molecule has 3 fully saturated rings. The quantitative estimate of drug-likeness (QED) is 0.606. The molecule has 0 spiro atoms. The van der Waals surface area contributed by atoms with E-state index in [4.69, 9.17) is 28.9 Å². The van der Waals surface area contributed by atoms with Gasteiger partial charge in [0, 0.05) is 30.0 Å². The fraction of sp³-hybridized carbons (Fsp3) is 0.500. The number of rotatable bonds is 6. The fourth-order valence-electron chi connectivity index (χ4n) is 4.56. The standard InChI is InChI=1S/C20H19Cl2F2N5O3/c21-20(22)5-9(20)6-26-19(32)15-2-8-1-13(8)29(15)16(30)7-28-14-4-12(24)11(23)3-10(14)17(27-28)18(25)31/h3-4,8-9,13,15H,1-2,5-7H2,(H2,25,31)(H,26,32)/t8-,9?,13-,15+/m1/s1. The molecule has 1 aromatic carbocycles. The highest BCUT2D eigenvalue weighted by molar-refractivity contribution is 6.50. The van der Waals surface area contributed by atoms with Gasteiger partial charge in [-0.25, -0.2) is 8.78 Å². The van der Waals surface area contributed by atoms with Crippen LogP contribution in [0.3, 0.4) is 0 Å². The van der Waals surface area contributed by atoms with Crippen molar-refractivity contribution in [2.75, 3.05) is 6.54 Å². The third kappa shape index (κ3) is 3.59. The van der Waals surface area contributed by atoms with Gasteiger partial charge in [-0.2, -0.15) is 5.10 Å². The number of nitrogens with one attached hydrogen (secondary N) is 1. The molecule has 2 aliphatic carbocycles. The van der Waals surface area contributed by atoms with Crippen LogP contribution in [-0.4, -0.2) is 55.4 Å². The molecule has 170 valence electrons. The molecule has 3 N–H and O–H groups in total. The Balaban J connectivity index is 1.36. The summed E-state index contributed by atoms with van der Waals surface area (Å²) >= 11 is 12.0. The Morgan fingerprint density at radius 1 is 1.22 bits per heavy atom. The van der Waals surface area contributed by atoms with Crippen molar-refractivity contribution >= 4 is 51.8 Å². The first-order valence-corrected chi connectivity index (χ1v) is 10.9. The van der Waals surface area contributed by atoms with Crippen LogP contribution >= 0.6 is 23.2 Å². The molecule has 3 aliphatic rings. The largest absolute Gasteiger partial charge is 0.364 e. The van der Waals surface area contributed by atoms with Crippen molar-refractivity contribution in [2.24, 2.45) is 17.6 Å². The fourth-order valence-corrected chi connectivity index (χ4v) is 5.09. The molecule has 1 aromatic heterocycles. The van der Waals surface area contributed by atoms with Crippen molar-refractivity contribution in [1.82, 2.24) is 20.0 Å². The minimum absolute atomic E-state index is 0.0132. The molecule has 12 heteroatoms. The van der Waals surface area contributed by atoms with Gasteiger partial charge in [0.15, 0.2) is 17.3 Å². The number of fused-ring (bicyclic) bond motifs is 2. The number of carbonyl (C=O) groups excluding carboxylic acids is 3. The van der Waals surface area contributed by atoms with Crippen LogP contribution in [0.5, 0.6) is 0 Å². The van der Waals surface area contributed by atoms with Crippen molar-refractivity contribution in [1.29, 1.82) is 0 Å². The first-order chi connectivity index (χ1) is 15.1. The molecule has 0 bridgehead atoms. The molecule has 2 aromatic rings. The Labute approximate surface area is 191 Å². The summed E-state index contributed by atoms with van der Waals surface area (Å²) in [5, 5.41) is 6.84. The molecule has 0 radical (unpaired) electrons. The van der Waals surface area contributed by atoms with Gasteiger partial charge in [0.05, 0.1) is 5.52 Å². The first-order valence-electron chi connectivity index (χ1n) is 10.2. The first kappa shape index (κ1) is 21.4. The summed E-state index contributed by atoms with van der Waals surface area (Å²) in [6, 6.07) is 1.00. The second-order valence-electron chi connectivity index (χ2n) is 8.68. The predicted molar refractivity (Wildman–Crippen MR) is 111 cm³/mol. The zero-order chi connectivity index (χ0) is 22.9. The van der Waals surface area contributed by atoms with E-state index >= 15 is 0 Å². The smallest absolute Gasteiger partial charge is 0.269 e. The van der Waals surface area contributed by atoms with E-state index in [2.05, 4.69) is 10.4 Å². The highest BCUT2D eigenvalue weighted by Crippen LogP contribution is 2.53. The van der Waals surface area contributed by atoms with Gasteiger partial charge in [0.2, 0.25) is 11.8 Å². The lowest BCUT2D eigenvalue weighted by atomic mass is 10.1. The van der Waals surface area contributed by atoms with E-state index in [0.29, 0.717) is 19.4 Å². The van der Waals surface area contributed by atoms with Crippen LogP contribution in [-0.2, 0) is 16.1 Å². The molecular formula is C20H19Cl2F2N5O3. The Morgan fingerprint density at radius 2 is 1.91 bits per heavy atom. The summed E-state index contributed by atoms with van der Waals surface area (Å²) in [5.74, 6) is -3.68. The second-order valence-corrected chi connectivity index (χ2v) is 10.2. The zero-order valence-electron chi connectivity index (χ0n) is 16.7. The molecule has 1 unspecified atom stereocenters. The van der Waals surface area contributed by atoms with Crippen LogP contribution < -0.4 is 11.1 Å². The van der Waals surface area contributed by atoms with Gasteiger partial charge in [-0.3, -0.25) is 19.1 Å².